The van der Waals surface area contributed by atoms with E-state index in [4.69, 9.17) is 39.5 Å². The largest absolute Gasteiger partial charge is 0.494 e. The lowest BCUT2D eigenvalue weighted by molar-refractivity contribution is 0.415. The average Bonchev–Trinajstić information content (AvgIpc) is 2.40. The number of halogens is 4. The maximum absolute atomic E-state index is 6.10. The van der Waals surface area contributed by atoms with Gasteiger partial charge in [0.15, 0.2) is 5.75 Å². The van der Waals surface area contributed by atoms with Gasteiger partial charge >= 0.3 is 0 Å². The van der Waals surface area contributed by atoms with Crippen LogP contribution in [0.5, 0.6) is 5.75 Å². The molecule has 0 fully saturated rings. The third kappa shape index (κ3) is 3.73. The van der Waals surface area contributed by atoms with Crippen LogP contribution in [-0.2, 0) is 6.54 Å². The molecule has 2 nitrogen and oxygen atoms in total. The van der Waals surface area contributed by atoms with Crippen molar-refractivity contribution >= 4 is 56.4 Å². The first-order chi connectivity index (χ1) is 9.51. The Labute approximate surface area is 141 Å². The molecule has 0 atom stereocenters. The Bertz CT molecular complexity index is 611. The molecule has 106 valence electrons. The van der Waals surface area contributed by atoms with Crippen molar-refractivity contribution in [3.8, 4) is 5.75 Å². The van der Waals surface area contributed by atoms with Crippen LogP contribution < -0.4 is 10.1 Å². The smallest absolute Gasteiger partial charge is 0.156 e. The summed E-state index contributed by atoms with van der Waals surface area (Å²) in [5.41, 5.74) is 1.88. The van der Waals surface area contributed by atoms with E-state index in [0.717, 1.165) is 15.7 Å². The van der Waals surface area contributed by atoms with Crippen LogP contribution in [0.2, 0.25) is 15.1 Å². The average molecular weight is 396 g/mol. The molecule has 0 amide bonds. The quantitative estimate of drug-likeness (QED) is 0.682. The maximum Gasteiger partial charge on any atom is 0.156 e. The molecule has 2 rings (SSSR count). The molecule has 0 heterocycles. The van der Waals surface area contributed by atoms with Gasteiger partial charge in [0.25, 0.3) is 0 Å². The van der Waals surface area contributed by atoms with Gasteiger partial charge in [-0.15, -0.1) is 0 Å². The molecular weight excluding hydrogens is 384 g/mol. The number of anilines is 1. The highest BCUT2D eigenvalue weighted by atomic mass is 79.9. The van der Waals surface area contributed by atoms with Crippen LogP contribution in [0, 0.1) is 0 Å². The van der Waals surface area contributed by atoms with E-state index in [1.54, 1.807) is 0 Å². The second-order valence-electron chi connectivity index (χ2n) is 4.08. The molecule has 2 aromatic rings. The summed E-state index contributed by atoms with van der Waals surface area (Å²) in [6, 6.07) is 9.30. The summed E-state index contributed by atoms with van der Waals surface area (Å²) in [6.07, 6.45) is 0. The molecule has 0 aliphatic rings. The van der Waals surface area contributed by atoms with E-state index in [9.17, 15) is 0 Å². The van der Waals surface area contributed by atoms with Crippen LogP contribution in [0.3, 0.4) is 0 Å². The van der Waals surface area contributed by atoms with Gasteiger partial charge in [0.2, 0.25) is 0 Å². The fourth-order valence-electron chi connectivity index (χ4n) is 1.72. The van der Waals surface area contributed by atoms with Crippen LogP contribution in [-0.4, -0.2) is 7.11 Å². The molecular formula is C14H11BrCl3NO. The topological polar surface area (TPSA) is 21.3 Å². The van der Waals surface area contributed by atoms with Crippen LogP contribution in [0.25, 0.3) is 0 Å². The van der Waals surface area contributed by atoms with E-state index >= 15 is 0 Å². The minimum atomic E-state index is 0.490. The van der Waals surface area contributed by atoms with Crippen molar-refractivity contribution in [2.75, 3.05) is 12.4 Å². The second kappa shape index (κ2) is 6.90. The third-order valence-corrected chi connectivity index (χ3v) is 4.47. The van der Waals surface area contributed by atoms with E-state index in [-0.39, 0.29) is 0 Å². The molecule has 0 unspecified atom stereocenters. The summed E-state index contributed by atoms with van der Waals surface area (Å²) in [4.78, 5) is 0. The van der Waals surface area contributed by atoms with Crippen molar-refractivity contribution in [1.29, 1.82) is 0 Å². The molecule has 0 radical (unpaired) electrons. The molecule has 2 aromatic carbocycles. The molecule has 0 aliphatic carbocycles. The van der Waals surface area contributed by atoms with Crippen molar-refractivity contribution in [3.05, 3.63) is 55.4 Å². The molecule has 0 aliphatic heterocycles. The van der Waals surface area contributed by atoms with Gasteiger partial charge in [-0.05, 0) is 51.8 Å². The number of ether oxygens (including phenoxy) is 1. The van der Waals surface area contributed by atoms with E-state index in [0.29, 0.717) is 27.4 Å². The molecule has 1 N–H and O–H groups in total. The van der Waals surface area contributed by atoms with Crippen LogP contribution in [0.1, 0.15) is 5.56 Å². The Hall–Kier alpha value is -0.610. The number of rotatable bonds is 4. The van der Waals surface area contributed by atoms with Gasteiger partial charge < -0.3 is 10.1 Å². The first-order valence-electron chi connectivity index (χ1n) is 5.72. The van der Waals surface area contributed by atoms with Crippen molar-refractivity contribution in [1.82, 2.24) is 0 Å². The highest BCUT2D eigenvalue weighted by Gasteiger charge is 2.08. The predicted molar refractivity (Wildman–Crippen MR) is 89.5 cm³/mol. The van der Waals surface area contributed by atoms with Crippen LogP contribution in [0.4, 0.5) is 5.69 Å². The van der Waals surface area contributed by atoms with Crippen molar-refractivity contribution in [2.24, 2.45) is 0 Å². The summed E-state index contributed by atoms with van der Waals surface area (Å²) in [6.45, 7) is 0.585. The van der Waals surface area contributed by atoms with Gasteiger partial charge in [-0.2, -0.15) is 0 Å². The lowest BCUT2D eigenvalue weighted by Gasteiger charge is -2.11. The number of benzene rings is 2. The monoisotopic (exact) mass is 393 g/mol. The maximum atomic E-state index is 6.10. The standard InChI is InChI=1S/C14H11BrCl3NO/c1-20-14-12(17)4-8(5-13(14)18)7-19-9-2-3-10(15)11(16)6-9/h2-6,19H,7H2,1H3. The van der Waals surface area contributed by atoms with Gasteiger partial charge in [0.1, 0.15) is 0 Å². The first kappa shape index (κ1) is 15.8. The van der Waals surface area contributed by atoms with E-state index in [2.05, 4.69) is 21.2 Å². The summed E-state index contributed by atoms with van der Waals surface area (Å²) in [5.74, 6) is 0.490. The zero-order valence-electron chi connectivity index (χ0n) is 10.5. The highest BCUT2D eigenvalue weighted by molar-refractivity contribution is 9.10. The highest BCUT2D eigenvalue weighted by Crippen LogP contribution is 2.34. The minimum absolute atomic E-state index is 0.490. The molecule has 0 saturated heterocycles. The fraction of sp³-hybridized carbons (Fsp3) is 0.143. The van der Waals surface area contributed by atoms with Crippen molar-refractivity contribution in [3.63, 3.8) is 0 Å². The number of nitrogens with one attached hydrogen (secondary N) is 1. The van der Waals surface area contributed by atoms with E-state index < -0.39 is 0 Å². The Kier molecular flexibility index (Phi) is 5.44. The number of methoxy groups -OCH3 is 1. The second-order valence-corrected chi connectivity index (χ2v) is 6.15. The third-order valence-electron chi connectivity index (χ3n) is 2.68. The fourth-order valence-corrected chi connectivity index (χ4v) is 2.83. The molecule has 6 heteroatoms. The zero-order valence-corrected chi connectivity index (χ0v) is 14.4. The SMILES string of the molecule is COc1c(Cl)cc(CNc2ccc(Br)c(Cl)c2)cc1Cl. The molecule has 0 spiro atoms. The molecule has 0 saturated carbocycles. The lowest BCUT2D eigenvalue weighted by atomic mass is 10.2. The normalized spacial score (nSPS) is 10.4. The Morgan fingerprint density at radius 1 is 1.05 bits per heavy atom. The van der Waals surface area contributed by atoms with Crippen molar-refractivity contribution in [2.45, 2.75) is 6.54 Å². The number of hydrogen-bond donors (Lipinski definition) is 1. The minimum Gasteiger partial charge on any atom is -0.494 e. The lowest BCUT2D eigenvalue weighted by Crippen LogP contribution is -2.00. The Morgan fingerprint density at radius 3 is 2.25 bits per heavy atom. The Morgan fingerprint density at radius 2 is 1.70 bits per heavy atom. The van der Waals surface area contributed by atoms with Gasteiger partial charge in [-0.3, -0.25) is 0 Å². The predicted octanol–water partition coefficient (Wildman–Crippen LogP) is 6.03. The summed E-state index contributed by atoms with van der Waals surface area (Å²) in [5, 5.41) is 4.89. The van der Waals surface area contributed by atoms with Crippen LogP contribution >= 0.6 is 50.7 Å². The van der Waals surface area contributed by atoms with Crippen molar-refractivity contribution < 1.29 is 4.74 Å². The first-order valence-corrected chi connectivity index (χ1v) is 7.65. The Balaban J connectivity index is 2.13. The van der Waals surface area contributed by atoms with Gasteiger partial charge in [-0.1, -0.05) is 34.8 Å². The summed E-state index contributed by atoms with van der Waals surface area (Å²) >= 11 is 21.6. The molecule has 20 heavy (non-hydrogen) atoms. The number of hydrogen-bond acceptors (Lipinski definition) is 2. The van der Waals surface area contributed by atoms with Gasteiger partial charge in [0, 0.05) is 16.7 Å². The summed E-state index contributed by atoms with van der Waals surface area (Å²) in [7, 11) is 1.54. The molecule has 0 aromatic heterocycles. The van der Waals surface area contributed by atoms with Crippen LogP contribution in [0.15, 0.2) is 34.8 Å². The van der Waals surface area contributed by atoms with Gasteiger partial charge in [-0.25, -0.2) is 0 Å². The molecule has 0 bridgehead atoms. The summed E-state index contributed by atoms with van der Waals surface area (Å²) < 4.78 is 5.98. The zero-order chi connectivity index (χ0) is 14.7. The van der Waals surface area contributed by atoms with E-state index in [1.807, 2.05) is 30.3 Å². The van der Waals surface area contributed by atoms with Gasteiger partial charge in [0.05, 0.1) is 22.2 Å². The van der Waals surface area contributed by atoms with E-state index in [1.165, 1.54) is 7.11 Å².